The van der Waals surface area contributed by atoms with Gasteiger partial charge in [0.1, 0.15) is 10.7 Å². The summed E-state index contributed by atoms with van der Waals surface area (Å²) in [6.07, 6.45) is 1.58. The van der Waals surface area contributed by atoms with Crippen LogP contribution in [0.25, 0.3) is 0 Å². The van der Waals surface area contributed by atoms with E-state index in [2.05, 4.69) is 12.6 Å². The second-order valence-electron chi connectivity index (χ2n) is 5.65. The molecule has 0 aliphatic carbocycles. The Morgan fingerprint density at radius 3 is 2.44 bits per heavy atom. The first-order valence-corrected chi connectivity index (χ1v) is 10.5. The fourth-order valence-corrected chi connectivity index (χ4v) is 4.07. The van der Waals surface area contributed by atoms with Gasteiger partial charge in [-0.05, 0) is 36.4 Å². The molecule has 0 bridgehead atoms. The Balaban J connectivity index is 2.22. The number of benzene rings is 2. The lowest BCUT2D eigenvalue weighted by Crippen LogP contribution is -2.20. The summed E-state index contributed by atoms with van der Waals surface area (Å²) in [7, 11) is -4.01. The second-order valence-corrected chi connectivity index (χ2v) is 8.75. The van der Waals surface area contributed by atoms with Gasteiger partial charge in [0.05, 0.1) is 27.7 Å². The van der Waals surface area contributed by atoms with E-state index >= 15 is 0 Å². The van der Waals surface area contributed by atoms with Crippen molar-refractivity contribution in [3.63, 3.8) is 0 Å². The van der Waals surface area contributed by atoms with Crippen LogP contribution in [-0.4, -0.2) is 12.6 Å². The molecule has 1 aromatic heterocycles. The Morgan fingerprint density at radius 2 is 1.89 bits per heavy atom. The Kier molecular flexibility index (Phi) is 5.92. The van der Waals surface area contributed by atoms with Gasteiger partial charge in [-0.2, -0.15) is 0 Å². The van der Waals surface area contributed by atoms with E-state index in [0.29, 0.717) is 23.6 Å². The van der Waals surface area contributed by atoms with Crippen LogP contribution >= 0.6 is 36.4 Å². The zero-order valence-electron chi connectivity index (χ0n) is 13.9. The third kappa shape index (κ3) is 4.53. The summed E-state index contributed by atoms with van der Waals surface area (Å²) in [6.45, 7) is 0.380. The van der Waals surface area contributed by atoms with Crippen molar-refractivity contribution >= 4 is 62.0 Å². The molecule has 2 N–H and O–H groups in total. The van der Waals surface area contributed by atoms with Crippen LogP contribution in [0.4, 0.5) is 11.4 Å². The summed E-state index contributed by atoms with van der Waals surface area (Å²) >= 11 is 15.7. The second kappa shape index (κ2) is 8.04. The van der Waals surface area contributed by atoms with Crippen molar-refractivity contribution < 1.29 is 12.8 Å². The number of nitrogens with two attached hydrogens (primary N) is 1. The van der Waals surface area contributed by atoms with Gasteiger partial charge in [-0.3, -0.25) is 0 Å². The number of rotatable bonds is 6. The number of hydrogen-bond donors (Lipinski definition) is 2. The fraction of sp³-hybridized carbons (Fsp3) is 0.0556. The highest BCUT2D eigenvalue weighted by atomic mass is 35.5. The maximum atomic E-state index is 11.8. The highest BCUT2D eigenvalue weighted by molar-refractivity contribution is 8.11. The van der Waals surface area contributed by atoms with E-state index in [-0.39, 0.29) is 14.1 Å². The lowest BCUT2D eigenvalue weighted by atomic mass is 10.1. The molecule has 140 valence electrons. The van der Waals surface area contributed by atoms with Gasteiger partial charge in [0.25, 0.3) is 0 Å². The molecule has 0 saturated carbocycles. The van der Waals surface area contributed by atoms with Gasteiger partial charge in [0.2, 0.25) is 10.0 Å². The maximum absolute atomic E-state index is 11.8. The van der Waals surface area contributed by atoms with Crippen LogP contribution in [0, 0.1) is 0 Å². The molecule has 0 radical (unpaired) electrons. The Morgan fingerprint density at radius 1 is 1.19 bits per heavy atom. The SMILES string of the molecule is NS(=O)(=O)c1cc(C(=S)S)c(N(Cc2ccco2)c2ccccc2)cc1Cl. The number of halogens is 1. The average molecular weight is 439 g/mol. The molecule has 0 fully saturated rings. The third-order valence-electron chi connectivity index (χ3n) is 3.84. The van der Waals surface area contributed by atoms with Gasteiger partial charge in [-0.15, -0.1) is 12.6 Å². The first-order chi connectivity index (χ1) is 12.8. The number of anilines is 2. The van der Waals surface area contributed by atoms with Crippen LogP contribution in [0.15, 0.2) is 70.2 Å². The molecule has 5 nitrogen and oxygen atoms in total. The molecule has 0 aliphatic rings. The normalized spacial score (nSPS) is 11.4. The third-order valence-corrected chi connectivity index (χ3v) is 5.68. The lowest BCUT2D eigenvalue weighted by Gasteiger charge is -2.27. The monoisotopic (exact) mass is 438 g/mol. The van der Waals surface area contributed by atoms with E-state index in [0.717, 1.165) is 5.69 Å². The predicted octanol–water partition coefficient (Wildman–Crippen LogP) is 4.52. The quantitative estimate of drug-likeness (QED) is 0.437. The Labute approximate surface area is 173 Å². The minimum Gasteiger partial charge on any atom is -0.467 e. The molecule has 3 rings (SSSR count). The van der Waals surface area contributed by atoms with Gasteiger partial charge in [-0.25, -0.2) is 13.6 Å². The van der Waals surface area contributed by atoms with Gasteiger partial charge in [-0.1, -0.05) is 42.0 Å². The molecule has 3 aromatic rings. The summed E-state index contributed by atoms with van der Waals surface area (Å²) in [6, 6.07) is 16.0. The van der Waals surface area contributed by atoms with E-state index in [4.69, 9.17) is 33.4 Å². The van der Waals surface area contributed by atoms with Crippen molar-refractivity contribution in [1.82, 2.24) is 0 Å². The number of nitrogens with zero attached hydrogens (tertiary/aromatic N) is 1. The summed E-state index contributed by atoms with van der Waals surface area (Å²) in [5.74, 6) is 0.710. The van der Waals surface area contributed by atoms with Crippen LogP contribution < -0.4 is 10.0 Å². The molecule has 0 aliphatic heterocycles. The van der Waals surface area contributed by atoms with Crippen molar-refractivity contribution in [3.05, 3.63) is 77.2 Å². The minimum absolute atomic E-state index is 0.00112. The highest BCUT2D eigenvalue weighted by Crippen LogP contribution is 2.36. The van der Waals surface area contributed by atoms with Gasteiger partial charge < -0.3 is 9.32 Å². The zero-order valence-corrected chi connectivity index (χ0v) is 17.2. The first kappa shape index (κ1) is 19.9. The van der Waals surface area contributed by atoms with E-state index in [1.54, 1.807) is 12.3 Å². The number of hydrogen-bond acceptors (Lipinski definition) is 5. The van der Waals surface area contributed by atoms with Crippen molar-refractivity contribution in [2.75, 3.05) is 4.90 Å². The van der Waals surface area contributed by atoms with E-state index in [1.165, 1.54) is 12.1 Å². The maximum Gasteiger partial charge on any atom is 0.239 e. The average Bonchev–Trinajstić information content (AvgIpc) is 3.12. The summed E-state index contributed by atoms with van der Waals surface area (Å²) in [5.41, 5.74) is 1.87. The zero-order chi connectivity index (χ0) is 19.6. The van der Waals surface area contributed by atoms with E-state index in [1.807, 2.05) is 41.3 Å². The van der Waals surface area contributed by atoms with Gasteiger partial charge >= 0.3 is 0 Å². The topological polar surface area (TPSA) is 76.5 Å². The summed E-state index contributed by atoms with van der Waals surface area (Å²) in [4.78, 5) is 1.71. The van der Waals surface area contributed by atoms with Crippen molar-refractivity contribution in [1.29, 1.82) is 0 Å². The van der Waals surface area contributed by atoms with Gasteiger partial charge in [0.15, 0.2) is 0 Å². The van der Waals surface area contributed by atoms with Crippen LogP contribution in [0.2, 0.25) is 5.02 Å². The predicted molar refractivity (Wildman–Crippen MR) is 115 cm³/mol. The van der Waals surface area contributed by atoms with Gasteiger partial charge in [0, 0.05) is 11.3 Å². The molecule has 0 saturated heterocycles. The molecule has 9 heteroatoms. The number of thiocarbonyl (C=S) groups is 1. The van der Waals surface area contributed by atoms with Crippen molar-refractivity contribution in [3.8, 4) is 0 Å². The molecule has 0 amide bonds. The first-order valence-electron chi connectivity index (χ1n) is 7.72. The Bertz CT molecular complexity index is 1070. The Hall–Kier alpha value is -1.84. The van der Waals surface area contributed by atoms with Crippen LogP contribution in [0.1, 0.15) is 11.3 Å². The smallest absolute Gasteiger partial charge is 0.239 e. The molecule has 27 heavy (non-hydrogen) atoms. The summed E-state index contributed by atoms with van der Waals surface area (Å²) < 4.78 is 29.4. The van der Waals surface area contributed by atoms with Crippen LogP contribution in [0.5, 0.6) is 0 Å². The number of para-hydroxylation sites is 1. The van der Waals surface area contributed by atoms with Crippen LogP contribution in [0.3, 0.4) is 0 Å². The van der Waals surface area contributed by atoms with Crippen LogP contribution in [-0.2, 0) is 16.6 Å². The molecular formula is C18H15ClN2O3S3. The number of thiol groups is 1. The molecular weight excluding hydrogens is 424 g/mol. The standard InChI is InChI=1S/C18H15ClN2O3S3/c19-15-10-16(14(18(25)26)9-17(15)27(20,22)23)21(11-13-7-4-8-24-13)12-5-2-1-3-6-12/h1-10H,11H2,(H,25,26)(H2,20,22,23). The lowest BCUT2D eigenvalue weighted by molar-refractivity contribution is 0.510. The number of sulfonamides is 1. The molecule has 1 heterocycles. The minimum atomic E-state index is -4.01. The van der Waals surface area contributed by atoms with Crippen molar-refractivity contribution in [2.45, 2.75) is 11.4 Å². The van der Waals surface area contributed by atoms with E-state index in [9.17, 15) is 8.42 Å². The highest BCUT2D eigenvalue weighted by Gasteiger charge is 2.22. The molecule has 0 spiro atoms. The largest absolute Gasteiger partial charge is 0.467 e. The van der Waals surface area contributed by atoms with Crippen molar-refractivity contribution in [2.24, 2.45) is 5.14 Å². The molecule has 2 aromatic carbocycles. The van der Waals surface area contributed by atoms with E-state index < -0.39 is 10.0 Å². The molecule has 0 atom stereocenters. The summed E-state index contributed by atoms with van der Waals surface area (Å²) in [5, 5.41) is 5.27. The molecule has 0 unspecified atom stereocenters. The fourth-order valence-electron chi connectivity index (χ4n) is 2.64. The number of primary sulfonamides is 1. The number of furan rings is 1.